The number of carbonyl (C=O) groups excluding carboxylic acids is 1. The van der Waals surface area contributed by atoms with Crippen molar-refractivity contribution in [1.29, 1.82) is 0 Å². The lowest BCUT2D eigenvalue weighted by molar-refractivity contribution is -0.136. The number of hydrogen-bond acceptors (Lipinski definition) is 3. The van der Waals surface area contributed by atoms with Crippen LogP contribution in [0.5, 0.6) is 0 Å². The quantitative estimate of drug-likeness (QED) is 0.765. The van der Waals surface area contributed by atoms with Crippen molar-refractivity contribution in [2.75, 3.05) is 31.1 Å². The third-order valence-electron chi connectivity index (χ3n) is 3.60. The second-order valence-corrected chi connectivity index (χ2v) is 5.70. The van der Waals surface area contributed by atoms with Crippen molar-refractivity contribution >= 4 is 17.7 Å². The summed E-state index contributed by atoms with van der Waals surface area (Å²) >= 11 is 1.95. The van der Waals surface area contributed by atoms with E-state index < -0.39 is 0 Å². The van der Waals surface area contributed by atoms with Gasteiger partial charge in [0.15, 0.2) is 0 Å². The second kappa shape index (κ2) is 5.21. The third kappa shape index (κ3) is 2.48. The van der Waals surface area contributed by atoms with Crippen LogP contribution in [0.2, 0.25) is 0 Å². The number of nitrogens with two attached hydrogens (primary N) is 1. The largest absolute Gasteiger partial charge is 0.341 e. The lowest BCUT2D eigenvalue weighted by Crippen LogP contribution is -2.43. The van der Waals surface area contributed by atoms with Crippen LogP contribution < -0.4 is 5.73 Å². The van der Waals surface area contributed by atoms with E-state index in [0.717, 1.165) is 37.4 Å². The van der Waals surface area contributed by atoms with Gasteiger partial charge in [0.25, 0.3) is 0 Å². The summed E-state index contributed by atoms with van der Waals surface area (Å²) in [6.45, 7) is 2.56. The highest BCUT2D eigenvalue weighted by Crippen LogP contribution is 2.32. The van der Waals surface area contributed by atoms with Crippen molar-refractivity contribution in [1.82, 2.24) is 4.90 Å². The number of rotatable bonds is 2. The van der Waals surface area contributed by atoms with Gasteiger partial charge in [-0.2, -0.15) is 11.8 Å². The molecule has 1 saturated carbocycles. The molecule has 0 aromatic carbocycles. The molecule has 2 aliphatic rings. The van der Waals surface area contributed by atoms with Gasteiger partial charge in [0.1, 0.15) is 0 Å². The van der Waals surface area contributed by atoms with E-state index in [9.17, 15) is 4.79 Å². The molecule has 1 aliphatic heterocycles. The highest BCUT2D eigenvalue weighted by molar-refractivity contribution is 7.99. The Morgan fingerprint density at radius 3 is 2.73 bits per heavy atom. The SMILES string of the molecule is NCC1CCCC1C(=O)N1CCSCC1. The highest BCUT2D eigenvalue weighted by atomic mass is 32.2. The Balaban J connectivity index is 1.93. The van der Waals surface area contributed by atoms with E-state index in [0.29, 0.717) is 18.4 Å². The predicted molar refractivity (Wildman–Crippen MR) is 63.8 cm³/mol. The molecule has 0 aromatic heterocycles. The van der Waals surface area contributed by atoms with Crippen molar-refractivity contribution in [2.24, 2.45) is 17.6 Å². The van der Waals surface area contributed by atoms with E-state index in [4.69, 9.17) is 5.73 Å². The molecule has 4 heteroatoms. The fraction of sp³-hybridized carbons (Fsp3) is 0.909. The Hall–Kier alpha value is -0.220. The molecular weight excluding hydrogens is 208 g/mol. The summed E-state index contributed by atoms with van der Waals surface area (Å²) in [4.78, 5) is 14.3. The van der Waals surface area contributed by atoms with Crippen LogP contribution in [-0.2, 0) is 4.79 Å². The summed E-state index contributed by atoms with van der Waals surface area (Å²) in [6.07, 6.45) is 3.39. The smallest absolute Gasteiger partial charge is 0.226 e. The monoisotopic (exact) mass is 228 g/mol. The topological polar surface area (TPSA) is 46.3 Å². The van der Waals surface area contributed by atoms with Crippen molar-refractivity contribution in [3.63, 3.8) is 0 Å². The molecule has 2 rings (SSSR count). The Kier molecular flexibility index (Phi) is 3.92. The minimum Gasteiger partial charge on any atom is -0.341 e. The molecule has 1 aliphatic carbocycles. The molecule has 1 amide bonds. The fourth-order valence-corrected chi connectivity index (χ4v) is 3.57. The first kappa shape index (κ1) is 11.3. The normalized spacial score (nSPS) is 31.9. The first-order chi connectivity index (χ1) is 7.33. The van der Waals surface area contributed by atoms with E-state index in [1.807, 2.05) is 11.8 Å². The predicted octanol–water partition coefficient (Wildman–Crippen LogP) is 0.937. The van der Waals surface area contributed by atoms with Crippen LogP contribution in [0.1, 0.15) is 19.3 Å². The van der Waals surface area contributed by atoms with Crippen LogP contribution in [0.25, 0.3) is 0 Å². The average molecular weight is 228 g/mol. The van der Waals surface area contributed by atoms with Crippen LogP contribution in [0.3, 0.4) is 0 Å². The molecule has 2 fully saturated rings. The van der Waals surface area contributed by atoms with Gasteiger partial charge in [-0.3, -0.25) is 4.79 Å². The third-order valence-corrected chi connectivity index (χ3v) is 4.54. The van der Waals surface area contributed by atoms with E-state index in [1.54, 1.807) is 0 Å². The van der Waals surface area contributed by atoms with E-state index in [2.05, 4.69) is 4.90 Å². The Bertz CT molecular complexity index is 229. The van der Waals surface area contributed by atoms with Crippen LogP contribution in [-0.4, -0.2) is 41.9 Å². The van der Waals surface area contributed by atoms with E-state index in [-0.39, 0.29) is 5.92 Å². The van der Waals surface area contributed by atoms with Gasteiger partial charge in [-0.05, 0) is 25.3 Å². The molecule has 0 aromatic rings. The molecule has 2 unspecified atom stereocenters. The maximum absolute atomic E-state index is 12.2. The first-order valence-corrected chi connectivity index (χ1v) is 7.05. The molecule has 0 bridgehead atoms. The molecule has 0 spiro atoms. The first-order valence-electron chi connectivity index (χ1n) is 5.89. The number of amides is 1. The fourth-order valence-electron chi connectivity index (χ4n) is 2.66. The summed E-state index contributed by atoms with van der Waals surface area (Å²) < 4.78 is 0. The van der Waals surface area contributed by atoms with Gasteiger partial charge >= 0.3 is 0 Å². The van der Waals surface area contributed by atoms with Crippen molar-refractivity contribution in [3.8, 4) is 0 Å². The average Bonchev–Trinajstić information content (AvgIpc) is 2.77. The van der Waals surface area contributed by atoms with E-state index in [1.165, 1.54) is 6.42 Å². The Morgan fingerprint density at radius 2 is 2.07 bits per heavy atom. The van der Waals surface area contributed by atoms with Gasteiger partial charge in [0.05, 0.1) is 0 Å². The lowest BCUT2D eigenvalue weighted by atomic mass is 9.95. The van der Waals surface area contributed by atoms with Gasteiger partial charge in [-0.1, -0.05) is 6.42 Å². The molecule has 1 saturated heterocycles. The zero-order valence-electron chi connectivity index (χ0n) is 9.15. The number of hydrogen-bond donors (Lipinski definition) is 1. The summed E-state index contributed by atoms with van der Waals surface area (Å²) in [5, 5.41) is 0. The standard InChI is InChI=1S/C11H20N2OS/c12-8-9-2-1-3-10(9)11(14)13-4-6-15-7-5-13/h9-10H,1-8,12H2. The minimum atomic E-state index is 0.234. The maximum Gasteiger partial charge on any atom is 0.226 e. The second-order valence-electron chi connectivity index (χ2n) is 4.47. The lowest BCUT2D eigenvalue weighted by Gasteiger charge is -2.30. The number of nitrogens with zero attached hydrogens (tertiary/aromatic N) is 1. The van der Waals surface area contributed by atoms with E-state index >= 15 is 0 Å². The van der Waals surface area contributed by atoms with Crippen LogP contribution >= 0.6 is 11.8 Å². The molecule has 0 radical (unpaired) electrons. The molecule has 2 N–H and O–H groups in total. The van der Waals surface area contributed by atoms with Crippen LogP contribution in [0.4, 0.5) is 0 Å². The van der Waals surface area contributed by atoms with Crippen molar-refractivity contribution in [2.45, 2.75) is 19.3 Å². The Labute approximate surface area is 95.8 Å². The highest BCUT2D eigenvalue weighted by Gasteiger charge is 2.34. The van der Waals surface area contributed by atoms with Crippen molar-refractivity contribution < 1.29 is 4.79 Å². The number of carbonyl (C=O) groups is 1. The van der Waals surface area contributed by atoms with Gasteiger partial charge < -0.3 is 10.6 Å². The maximum atomic E-state index is 12.2. The van der Waals surface area contributed by atoms with Gasteiger partial charge in [0, 0.05) is 30.5 Å². The van der Waals surface area contributed by atoms with Crippen LogP contribution in [0, 0.1) is 11.8 Å². The van der Waals surface area contributed by atoms with Gasteiger partial charge in [0.2, 0.25) is 5.91 Å². The van der Waals surface area contributed by atoms with Crippen molar-refractivity contribution in [3.05, 3.63) is 0 Å². The molecule has 1 heterocycles. The molecule has 15 heavy (non-hydrogen) atoms. The molecule has 3 nitrogen and oxygen atoms in total. The summed E-state index contributed by atoms with van der Waals surface area (Å²) in [7, 11) is 0. The molecule has 86 valence electrons. The Morgan fingerprint density at radius 1 is 1.33 bits per heavy atom. The number of thioether (sulfide) groups is 1. The summed E-state index contributed by atoms with van der Waals surface area (Å²) in [6, 6.07) is 0. The minimum absolute atomic E-state index is 0.234. The van der Waals surface area contributed by atoms with Gasteiger partial charge in [-0.25, -0.2) is 0 Å². The van der Waals surface area contributed by atoms with Gasteiger partial charge in [-0.15, -0.1) is 0 Å². The summed E-state index contributed by atoms with van der Waals surface area (Å²) in [5.74, 6) is 3.27. The zero-order chi connectivity index (χ0) is 10.7. The molecule has 2 atom stereocenters. The molecular formula is C11H20N2OS. The zero-order valence-corrected chi connectivity index (χ0v) is 9.97. The van der Waals surface area contributed by atoms with Crippen LogP contribution in [0.15, 0.2) is 0 Å². The summed E-state index contributed by atoms with van der Waals surface area (Å²) in [5.41, 5.74) is 5.72.